The molecule has 0 saturated heterocycles. The molecule has 2 aromatic carbocycles. The summed E-state index contributed by atoms with van der Waals surface area (Å²) in [5.74, 6) is 0.991. The van der Waals surface area contributed by atoms with Crippen molar-refractivity contribution in [1.29, 1.82) is 0 Å². The highest BCUT2D eigenvalue weighted by Crippen LogP contribution is 2.29. The number of aryl methyl sites for hydroxylation is 3. The van der Waals surface area contributed by atoms with E-state index in [4.69, 9.17) is 0 Å². The van der Waals surface area contributed by atoms with Crippen LogP contribution < -0.4 is 0 Å². The van der Waals surface area contributed by atoms with Crippen molar-refractivity contribution in [3.63, 3.8) is 0 Å². The van der Waals surface area contributed by atoms with Crippen LogP contribution in [-0.2, 0) is 5.41 Å². The molecule has 1 aromatic heterocycles. The van der Waals surface area contributed by atoms with Crippen LogP contribution in [0, 0.1) is 20.8 Å². The second-order valence-corrected chi connectivity index (χ2v) is 7.70. The third-order valence-electron chi connectivity index (χ3n) is 4.53. The Hall–Kier alpha value is -2.35. The maximum atomic E-state index is 4.62. The second-order valence-electron chi connectivity index (χ2n) is 7.70. The second kappa shape index (κ2) is 5.94. The molecule has 0 atom stereocenters. The number of hydrogen-bond donors (Lipinski definition) is 0. The summed E-state index contributed by atoms with van der Waals surface area (Å²) in [7, 11) is 0. The van der Waals surface area contributed by atoms with Gasteiger partial charge in [0.2, 0.25) is 0 Å². The maximum Gasteiger partial charge on any atom is 0.144 e. The molecule has 0 saturated carbocycles. The van der Waals surface area contributed by atoms with Gasteiger partial charge in [-0.05, 0) is 42.9 Å². The molecule has 0 aliphatic carbocycles. The predicted molar refractivity (Wildman–Crippen MR) is 102 cm³/mol. The summed E-state index contributed by atoms with van der Waals surface area (Å²) < 4.78 is 2.20. The Bertz CT molecular complexity index is 839. The molecule has 24 heavy (non-hydrogen) atoms. The molecular weight excluding hydrogens is 292 g/mol. The number of hydrogen-bond acceptors (Lipinski definition) is 1. The molecule has 0 unspecified atom stereocenters. The minimum absolute atomic E-state index is 0.165. The fourth-order valence-electron chi connectivity index (χ4n) is 3.37. The lowest BCUT2D eigenvalue weighted by atomic mass is 9.86. The quantitative estimate of drug-likeness (QED) is 0.587. The van der Waals surface area contributed by atoms with E-state index in [1.165, 1.54) is 27.9 Å². The Balaban J connectivity index is 2.09. The van der Waals surface area contributed by atoms with Crippen molar-refractivity contribution in [2.75, 3.05) is 0 Å². The van der Waals surface area contributed by atoms with Crippen molar-refractivity contribution < 1.29 is 0 Å². The molecular formula is C22H26N2. The van der Waals surface area contributed by atoms with Gasteiger partial charge >= 0.3 is 0 Å². The summed E-state index contributed by atoms with van der Waals surface area (Å²) in [4.78, 5) is 4.62. The van der Waals surface area contributed by atoms with E-state index in [-0.39, 0.29) is 5.41 Å². The lowest BCUT2D eigenvalue weighted by Crippen LogP contribution is -2.10. The van der Waals surface area contributed by atoms with E-state index < -0.39 is 0 Å². The van der Waals surface area contributed by atoms with Gasteiger partial charge in [-0.3, -0.25) is 4.57 Å². The molecule has 0 bridgehead atoms. The highest BCUT2D eigenvalue weighted by molar-refractivity contribution is 5.62. The molecule has 0 aliphatic rings. The lowest BCUT2D eigenvalue weighted by Gasteiger charge is -2.19. The Labute approximate surface area is 145 Å². The SMILES string of the molecule is Cc1cc(C)c(-n2ccnc2-c2ccc(C(C)(C)C)cc2)c(C)c1. The Morgan fingerprint density at radius 1 is 0.875 bits per heavy atom. The third-order valence-corrected chi connectivity index (χ3v) is 4.53. The van der Waals surface area contributed by atoms with Crippen molar-refractivity contribution in [3.8, 4) is 17.1 Å². The van der Waals surface area contributed by atoms with Crippen molar-refractivity contribution in [2.45, 2.75) is 47.0 Å². The molecule has 2 heteroatoms. The smallest absolute Gasteiger partial charge is 0.144 e. The van der Waals surface area contributed by atoms with E-state index in [0.717, 1.165) is 11.4 Å². The monoisotopic (exact) mass is 318 g/mol. The van der Waals surface area contributed by atoms with Gasteiger partial charge in [0, 0.05) is 18.0 Å². The third kappa shape index (κ3) is 3.01. The fraction of sp³-hybridized carbons (Fsp3) is 0.318. The van der Waals surface area contributed by atoms with E-state index in [9.17, 15) is 0 Å². The van der Waals surface area contributed by atoms with Crippen molar-refractivity contribution in [1.82, 2.24) is 9.55 Å². The molecule has 3 aromatic rings. The summed E-state index contributed by atoms with van der Waals surface area (Å²) in [6.45, 7) is 13.2. The summed E-state index contributed by atoms with van der Waals surface area (Å²) in [5, 5.41) is 0. The van der Waals surface area contributed by atoms with Crippen LogP contribution in [0.2, 0.25) is 0 Å². The van der Waals surface area contributed by atoms with Crippen LogP contribution in [0.1, 0.15) is 43.0 Å². The van der Waals surface area contributed by atoms with Gasteiger partial charge in [-0.15, -0.1) is 0 Å². The number of imidazole rings is 1. The van der Waals surface area contributed by atoms with Crippen LogP contribution >= 0.6 is 0 Å². The maximum absolute atomic E-state index is 4.62. The highest BCUT2D eigenvalue weighted by Gasteiger charge is 2.15. The largest absolute Gasteiger partial charge is 0.299 e. The summed E-state index contributed by atoms with van der Waals surface area (Å²) >= 11 is 0. The Kier molecular flexibility index (Phi) is 4.08. The number of benzene rings is 2. The zero-order valence-electron chi connectivity index (χ0n) is 15.5. The number of aromatic nitrogens is 2. The first-order valence-corrected chi connectivity index (χ1v) is 8.50. The van der Waals surface area contributed by atoms with Crippen LogP contribution in [0.3, 0.4) is 0 Å². The normalized spacial score (nSPS) is 11.8. The molecule has 3 rings (SSSR count). The highest BCUT2D eigenvalue weighted by atomic mass is 15.1. The zero-order valence-corrected chi connectivity index (χ0v) is 15.5. The van der Waals surface area contributed by atoms with E-state index >= 15 is 0 Å². The number of rotatable bonds is 2. The van der Waals surface area contributed by atoms with Crippen LogP contribution in [0.15, 0.2) is 48.8 Å². The number of nitrogens with zero attached hydrogens (tertiary/aromatic N) is 2. The van der Waals surface area contributed by atoms with Gasteiger partial charge in [0.25, 0.3) is 0 Å². The molecule has 1 heterocycles. The van der Waals surface area contributed by atoms with Gasteiger partial charge in [0.15, 0.2) is 0 Å². The van der Waals surface area contributed by atoms with Gasteiger partial charge in [-0.2, -0.15) is 0 Å². The van der Waals surface area contributed by atoms with Crippen LogP contribution in [0.5, 0.6) is 0 Å². The van der Waals surface area contributed by atoms with E-state index in [1.54, 1.807) is 0 Å². The molecule has 124 valence electrons. The molecule has 0 amide bonds. The zero-order chi connectivity index (χ0) is 17.5. The van der Waals surface area contributed by atoms with E-state index in [2.05, 4.69) is 93.7 Å². The molecule has 0 N–H and O–H groups in total. The van der Waals surface area contributed by atoms with Gasteiger partial charge < -0.3 is 0 Å². The summed E-state index contributed by atoms with van der Waals surface area (Å²) in [5.41, 5.74) is 7.73. The van der Waals surface area contributed by atoms with Gasteiger partial charge in [0.1, 0.15) is 5.82 Å². The lowest BCUT2D eigenvalue weighted by molar-refractivity contribution is 0.590. The topological polar surface area (TPSA) is 17.8 Å². The van der Waals surface area contributed by atoms with E-state index in [1.807, 2.05) is 6.20 Å². The van der Waals surface area contributed by atoms with Crippen molar-refractivity contribution in [3.05, 3.63) is 71.0 Å². The Morgan fingerprint density at radius 3 is 2.00 bits per heavy atom. The molecule has 0 spiro atoms. The molecule has 0 radical (unpaired) electrons. The average molecular weight is 318 g/mol. The standard InChI is InChI=1S/C22H26N2/c1-15-13-16(2)20(17(3)14-15)24-12-11-23-21(24)18-7-9-19(10-8-18)22(4,5)6/h7-14H,1-6H3. The predicted octanol–water partition coefficient (Wildman–Crippen LogP) is 5.76. The first-order valence-electron chi connectivity index (χ1n) is 8.50. The average Bonchev–Trinajstić information content (AvgIpc) is 2.94. The van der Waals surface area contributed by atoms with Crippen molar-refractivity contribution in [2.24, 2.45) is 0 Å². The molecule has 0 fully saturated rings. The first kappa shape index (κ1) is 16.5. The molecule has 2 nitrogen and oxygen atoms in total. The van der Waals surface area contributed by atoms with E-state index in [0.29, 0.717) is 0 Å². The molecule has 0 aliphatic heterocycles. The first-order chi connectivity index (χ1) is 11.3. The van der Waals surface area contributed by atoms with Crippen LogP contribution in [-0.4, -0.2) is 9.55 Å². The van der Waals surface area contributed by atoms with Gasteiger partial charge in [0.05, 0.1) is 5.69 Å². The minimum Gasteiger partial charge on any atom is -0.299 e. The summed E-state index contributed by atoms with van der Waals surface area (Å²) in [6.07, 6.45) is 3.93. The van der Waals surface area contributed by atoms with Crippen LogP contribution in [0.4, 0.5) is 0 Å². The fourth-order valence-corrected chi connectivity index (χ4v) is 3.37. The minimum atomic E-state index is 0.165. The Morgan fingerprint density at radius 2 is 1.46 bits per heavy atom. The van der Waals surface area contributed by atoms with Crippen molar-refractivity contribution >= 4 is 0 Å². The van der Waals surface area contributed by atoms with Gasteiger partial charge in [-0.25, -0.2) is 4.98 Å². The summed E-state index contributed by atoms with van der Waals surface area (Å²) in [6, 6.07) is 13.2. The van der Waals surface area contributed by atoms with Gasteiger partial charge in [-0.1, -0.05) is 62.7 Å². The van der Waals surface area contributed by atoms with Crippen LogP contribution in [0.25, 0.3) is 17.1 Å².